The minimum absolute atomic E-state index is 0.0849. The predicted octanol–water partition coefficient (Wildman–Crippen LogP) is 5.52. The Bertz CT molecular complexity index is 1770. The highest BCUT2D eigenvalue weighted by atomic mass is 32.2. The summed E-state index contributed by atoms with van der Waals surface area (Å²) in [6.07, 6.45) is 12.8. The van der Waals surface area contributed by atoms with Gasteiger partial charge in [0.2, 0.25) is 14.7 Å². The quantitative estimate of drug-likeness (QED) is 0.162. The van der Waals surface area contributed by atoms with Gasteiger partial charge in [0.15, 0.2) is 17.2 Å². The normalized spacial score (nSPS) is 11.1. The molecule has 0 spiro atoms. The third-order valence-corrected chi connectivity index (χ3v) is 10.5. The summed E-state index contributed by atoms with van der Waals surface area (Å²) in [6, 6.07) is 35.7. The van der Waals surface area contributed by atoms with E-state index < -0.39 is 7.82 Å². The summed E-state index contributed by atoms with van der Waals surface area (Å²) < 4.78 is 8.55. The molecule has 0 amide bonds. The lowest BCUT2D eigenvalue weighted by Gasteiger charge is -2.36. The Morgan fingerprint density at radius 3 is 0.851 bits per heavy atom. The van der Waals surface area contributed by atoms with Crippen LogP contribution in [0.15, 0.2) is 124 Å². The minimum atomic E-state index is -5.39. The standard InChI is InChI=1S/3C12H12OS.H3O4P/c3*1-14(2)12-10-6-4-3-5-9(10)7-8-11(12)13;1-5(2,3)4/h3*3-8H,1-2H3;(H3,1,2,3,4). The molecule has 6 aromatic rings. The van der Waals surface area contributed by atoms with Gasteiger partial charge < -0.3 is 34.6 Å². The van der Waals surface area contributed by atoms with Crippen LogP contribution in [-0.4, -0.2) is 52.9 Å². The lowest BCUT2D eigenvalue weighted by atomic mass is 10.1. The molecule has 7 nitrogen and oxygen atoms in total. The van der Waals surface area contributed by atoms with Gasteiger partial charge in [0.25, 0.3) is 0 Å². The molecule has 0 radical (unpaired) electrons. The van der Waals surface area contributed by atoms with Crippen molar-refractivity contribution >= 4 is 72.8 Å². The van der Waals surface area contributed by atoms with Crippen LogP contribution in [0.3, 0.4) is 0 Å². The maximum atomic E-state index is 9.79. The van der Waals surface area contributed by atoms with E-state index in [1.807, 2.05) is 54.6 Å². The van der Waals surface area contributed by atoms with Crippen molar-refractivity contribution in [1.29, 1.82) is 0 Å². The number of phenolic OH excluding ortho intramolecular Hbond substituents is 3. The van der Waals surface area contributed by atoms with Crippen LogP contribution in [0.5, 0.6) is 17.2 Å². The summed E-state index contributed by atoms with van der Waals surface area (Å²) in [7, 11) is -5.13. The molecule has 6 aromatic carbocycles. The first kappa shape index (κ1) is 38.1. The second-order valence-corrected chi connectivity index (χ2v) is 17.8. The van der Waals surface area contributed by atoms with Crippen LogP contribution in [0, 0.1) is 0 Å². The molecule has 0 aromatic heterocycles. The maximum absolute atomic E-state index is 9.79. The van der Waals surface area contributed by atoms with Crippen molar-refractivity contribution in [2.45, 2.75) is 14.7 Å². The Kier molecular flexibility index (Phi) is 13.9. The summed E-state index contributed by atoms with van der Waals surface area (Å²) in [5.41, 5.74) is 0. The second-order valence-electron chi connectivity index (χ2n) is 10.8. The zero-order chi connectivity index (χ0) is 34.9. The fraction of sp³-hybridized carbons (Fsp3) is 0.167. The minimum Gasteiger partial charge on any atom is -0.822 e. The zero-order valence-corrected chi connectivity index (χ0v) is 30.4. The van der Waals surface area contributed by atoms with Gasteiger partial charge in [-0.1, -0.05) is 72.8 Å². The van der Waals surface area contributed by atoms with Crippen molar-refractivity contribution in [2.75, 3.05) is 37.5 Å². The summed E-state index contributed by atoms with van der Waals surface area (Å²) in [6.45, 7) is 0. The molecule has 11 heteroatoms. The van der Waals surface area contributed by atoms with E-state index in [1.54, 1.807) is 18.2 Å². The van der Waals surface area contributed by atoms with Gasteiger partial charge in [-0.3, -0.25) is 0 Å². The molecule has 0 bridgehead atoms. The largest absolute Gasteiger partial charge is 0.822 e. The fourth-order valence-electron chi connectivity index (χ4n) is 4.98. The molecule has 0 saturated carbocycles. The average Bonchev–Trinajstić information content (AvgIpc) is 3.00. The lowest BCUT2D eigenvalue weighted by molar-refractivity contribution is -0.432. The number of phosphoric acid groups is 1. The molecule has 0 aliphatic rings. The first-order valence-corrected chi connectivity index (χ1v) is 21.8. The highest BCUT2D eigenvalue weighted by Crippen LogP contribution is 2.33. The van der Waals surface area contributed by atoms with E-state index in [2.05, 4.69) is 73.9 Å². The summed E-state index contributed by atoms with van der Waals surface area (Å²) >= 11 is 0. The molecule has 0 fully saturated rings. The van der Waals surface area contributed by atoms with Crippen molar-refractivity contribution in [3.05, 3.63) is 109 Å². The zero-order valence-electron chi connectivity index (χ0n) is 27.0. The second kappa shape index (κ2) is 17.2. The van der Waals surface area contributed by atoms with Crippen LogP contribution in [0.4, 0.5) is 0 Å². The third kappa shape index (κ3) is 10.8. The molecular formula is C36H39O7PS3. The van der Waals surface area contributed by atoms with Crippen LogP contribution in [0.1, 0.15) is 0 Å². The molecule has 6 rings (SSSR count). The molecule has 0 unspecified atom stereocenters. The van der Waals surface area contributed by atoms with Gasteiger partial charge in [-0.05, 0) is 52.6 Å². The van der Waals surface area contributed by atoms with Crippen molar-refractivity contribution in [1.82, 2.24) is 0 Å². The first-order chi connectivity index (χ1) is 22.1. The molecular weight excluding hydrogens is 672 g/mol. The molecule has 0 heterocycles. The van der Waals surface area contributed by atoms with Gasteiger partial charge in [0.05, 0.1) is 0 Å². The third-order valence-electron chi connectivity index (χ3n) is 6.80. The Balaban J connectivity index is 0.000000179. The van der Waals surface area contributed by atoms with Crippen molar-refractivity contribution in [3.8, 4) is 17.2 Å². The van der Waals surface area contributed by atoms with Crippen molar-refractivity contribution in [2.24, 2.45) is 0 Å². The van der Waals surface area contributed by atoms with E-state index in [0.29, 0.717) is 17.2 Å². The molecule has 0 saturated heterocycles. The van der Waals surface area contributed by atoms with E-state index in [0.717, 1.165) is 14.7 Å². The number of aromatic hydroxyl groups is 3. The van der Waals surface area contributed by atoms with E-state index in [-0.39, 0.29) is 32.7 Å². The number of phenols is 3. The molecule has 0 aliphatic carbocycles. The number of benzene rings is 6. The molecule has 0 aliphatic heterocycles. The SMILES string of the molecule is C[S+](C)c1c(O)ccc2ccccc12.C[S+](C)c1c(O)ccc2ccccc12.C[S+](C)c1c(O)ccc2ccccc12.O=P([O-])([O-])[O-]. The van der Waals surface area contributed by atoms with Crippen molar-refractivity contribution in [3.63, 3.8) is 0 Å². The Hall–Kier alpha value is -3.34. The van der Waals surface area contributed by atoms with Gasteiger partial charge in [-0.2, -0.15) is 7.82 Å². The lowest BCUT2D eigenvalue weighted by Crippen LogP contribution is -2.24. The Labute approximate surface area is 284 Å². The van der Waals surface area contributed by atoms with E-state index >= 15 is 0 Å². The number of fused-ring (bicyclic) bond motifs is 3. The number of rotatable bonds is 3. The van der Waals surface area contributed by atoms with Gasteiger partial charge in [0, 0.05) is 48.8 Å². The van der Waals surface area contributed by atoms with Crippen LogP contribution in [0.25, 0.3) is 32.3 Å². The fourth-order valence-corrected chi connectivity index (χ4v) is 8.32. The van der Waals surface area contributed by atoms with Crippen LogP contribution in [0.2, 0.25) is 0 Å². The van der Waals surface area contributed by atoms with E-state index in [1.165, 1.54) is 32.3 Å². The Morgan fingerprint density at radius 1 is 0.426 bits per heavy atom. The maximum Gasteiger partial charge on any atom is 0.203 e. The summed E-state index contributed by atoms with van der Waals surface area (Å²) in [4.78, 5) is 28.9. The molecule has 248 valence electrons. The van der Waals surface area contributed by atoms with Gasteiger partial charge in [-0.15, -0.1) is 0 Å². The average molecular weight is 711 g/mol. The van der Waals surface area contributed by atoms with Gasteiger partial charge in [-0.25, -0.2) is 0 Å². The number of hydrogen-bond donors (Lipinski definition) is 3. The topological polar surface area (TPSA) is 147 Å². The summed E-state index contributed by atoms with van der Waals surface area (Å²) in [5.74, 6) is 1.24. The van der Waals surface area contributed by atoms with Crippen LogP contribution >= 0.6 is 7.82 Å². The smallest absolute Gasteiger partial charge is 0.203 e. The molecule has 47 heavy (non-hydrogen) atoms. The van der Waals surface area contributed by atoms with Crippen molar-refractivity contribution < 1.29 is 34.6 Å². The van der Waals surface area contributed by atoms with E-state index in [4.69, 9.17) is 19.2 Å². The molecule has 0 atom stereocenters. The van der Waals surface area contributed by atoms with Crippen LogP contribution < -0.4 is 14.7 Å². The highest BCUT2D eigenvalue weighted by Gasteiger charge is 2.20. The highest BCUT2D eigenvalue weighted by molar-refractivity contribution is 7.96. The monoisotopic (exact) mass is 710 g/mol. The van der Waals surface area contributed by atoms with Crippen LogP contribution in [-0.2, 0) is 37.2 Å². The van der Waals surface area contributed by atoms with Gasteiger partial charge >= 0.3 is 0 Å². The predicted molar refractivity (Wildman–Crippen MR) is 197 cm³/mol. The first-order valence-electron chi connectivity index (χ1n) is 14.2. The number of hydrogen-bond acceptors (Lipinski definition) is 7. The summed E-state index contributed by atoms with van der Waals surface area (Å²) in [5, 5.41) is 36.4. The molecule has 3 N–H and O–H groups in total. The van der Waals surface area contributed by atoms with E-state index in [9.17, 15) is 15.3 Å². The Morgan fingerprint density at radius 2 is 0.638 bits per heavy atom. The van der Waals surface area contributed by atoms with Gasteiger partial charge in [0.1, 0.15) is 37.5 Å².